The van der Waals surface area contributed by atoms with E-state index in [-0.39, 0.29) is 11.6 Å². The molecule has 116 valence electrons. The predicted molar refractivity (Wildman–Crippen MR) is 80.2 cm³/mol. The number of nitrogens with zero attached hydrogens (tertiary/aromatic N) is 5. The number of hydrazine groups is 1. The van der Waals surface area contributed by atoms with Crippen LogP contribution in [0.25, 0.3) is 0 Å². The van der Waals surface area contributed by atoms with Gasteiger partial charge in [-0.1, -0.05) is 0 Å². The number of piperazine rings is 1. The second kappa shape index (κ2) is 6.19. The van der Waals surface area contributed by atoms with Crippen molar-refractivity contribution in [3.63, 3.8) is 0 Å². The molecule has 0 atom stereocenters. The highest BCUT2D eigenvalue weighted by Crippen LogP contribution is 2.30. The van der Waals surface area contributed by atoms with E-state index in [0.29, 0.717) is 30.6 Å². The molecule has 2 heterocycles. The minimum Gasteiger partial charge on any atom is -0.348 e. The number of anilines is 2. The second-order valence-corrected chi connectivity index (χ2v) is 5.32. The van der Waals surface area contributed by atoms with E-state index in [2.05, 4.69) is 34.1 Å². The van der Waals surface area contributed by atoms with E-state index in [9.17, 15) is 10.1 Å². The van der Waals surface area contributed by atoms with Gasteiger partial charge >= 0.3 is 5.69 Å². The fourth-order valence-electron chi connectivity index (χ4n) is 2.50. The summed E-state index contributed by atoms with van der Waals surface area (Å²) in [5.74, 6) is 5.86. The van der Waals surface area contributed by atoms with E-state index < -0.39 is 4.92 Å². The van der Waals surface area contributed by atoms with Crippen LogP contribution in [0.1, 0.15) is 19.5 Å². The van der Waals surface area contributed by atoms with E-state index in [4.69, 9.17) is 5.84 Å². The van der Waals surface area contributed by atoms with E-state index in [1.54, 1.807) is 6.92 Å². The minimum atomic E-state index is -0.431. The lowest BCUT2D eigenvalue weighted by molar-refractivity contribution is -0.385. The lowest BCUT2D eigenvalue weighted by atomic mass is 10.2. The molecule has 9 heteroatoms. The van der Waals surface area contributed by atoms with E-state index >= 15 is 0 Å². The van der Waals surface area contributed by atoms with Gasteiger partial charge < -0.3 is 4.90 Å². The van der Waals surface area contributed by atoms with Crippen molar-refractivity contribution in [2.75, 3.05) is 36.5 Å². The maximum absolute atomic E-state index is 11.3. The molecule has 1 fully saturated rings. The summed E-state index contributed by atoms with van der Waals surface area (Å²) < 4.78 is 0. The lowest BCUT2D eigenvalue weighted by Crippen LogP contribution is -2.49. The van der Waals surface area contributed by atoms with Crippen molar-refractivity contribution in [1.29, 1.82) is 0 Å². The maximum atomic E-state index is 11.3. The van der Waals surface area contributed by atoms with Crippen LogP contribution in [0.15, 0.2) is 0 Å². The molecule has 0 aliphatic carbocycles. The molecule has 0 radical (unpaired) electrons. The first kappa shape index (κ1) is 15.4. The average molecular weight is 295 g/mol. The molecule has 3 N–H and O–H groups in total. The van der Waals surface area contributed by atoms with Gasteiger partial charge in [0.05, 0.1) is 4.92 Å². The Labute approximate surface area is 123 Å². The van der Waals surface area contributed by atoms with Crippen LogP contribution < -0.4 is 16.2 Å². The number of aromatic nitrogens is 2. The Bertz CT molecular complexity index is 527. The molecule has 2 rings (SSSR count). The number of hydrogen-bond acceptors (Lipinski definition) is 8. The van der Waals surface area contributed by atoms with Crippen molar-refractivity contribution in [2.24, 2.45) is 5.84 Å². The molecule has 1 aromatic rings. The largest absolute Gasteiger partial charge is 0.348 e. The van der Waals surface area contributed by atoms with Crippen LogP contribution in [-0.2, 0) is 0 Å². The third kappa shape index (κ3) is 3.19. The zero-order chi connectivity index (χ0) is 15.6. The maximum Gasteiger partial charge on any atom is 0.332 e. The Hall–Kier alpha value is -2.00. The molecule has 1 aliphatic rings. The normalized spacial score (nSPS) is 16.3. The predicted octanol–water partition coefficient (Wildman–Crippen LogP) is 0.509. The first-order valence-corrected chi connectivity index (χ1v) is 6.92. The lowest BCUT2D eigenvalue weighted by Gasteiger charge is -2.37. The summed E-state index contributed by atoms with van der Waals surface area (Å²) in [5, 5.41) is 11.3. The van der Waals surface area contributed by atoms with Gasteiger partial charge in [0.15, 0.2) is 0 Å². The summed E-state index contributed by atoms with van der Waals surface area (Å²) in [6.45, 7) is 8.97. The Kier molecular flexibility index (Phi) is 4.53. The van der Waals surface area contributed by atoms with Gasteiger partial charge in [-0.25, -0.2) is 10.8 Å². The number of nitrogens with one attached hydrogen (secondary N) is 1. The molecular formula is C12H21N7O2. The van der Waals surface area contributed by atoms with Crippen molar-refractivity contribution in [3.8, 4) is 0 Å². The van der Waals surface area contributed by atoms with Gasteiger partial charge in [0, 0.05) is 32.2 Å². The van der Waals surface area contributed by atoms with Gasteiger partial charge in [-0.3, -0.25) is 20.4 Å². The van der Waals surface area contributed by atoms with Gasteiger partial charge in [0.25, 0.3) is 0 Å². The summed E-state index contributed by atoms with van der Waals surface area (Å²) in [6, 6.07) is 0.468. The standard InChI is InChI=1S/C12H21N7O2/c1-8(2)17-4-6-18(7-5-17)11-10(19(20)21)9(3)14-12(15-11)16-13/h8H,4-7,13H2,1-3H3,(H,14,15,16). The molecule has 0 spiro atoms. The summed E-state index contributed by atoms with van der Waals surface area (Å²) in [5.41, 5.74) is 2.62. The quantitative estimate of drug-likeness (QED) is 0.469. The Morgan fingerprint density at radius 3 is 2.38 bits per heavy atom. The topological polar surface area (TPSA) is 113 Å². The number of aryl methyl sites for hydroxylation is 1. The smallest absolute Gasteiger partial charge is 0.332 e. The summed E-state index contributed by atoms with van der Waals surface area (Å²) in [7, 11) is 0. The van der Waals surface area contributed by atoms with Crippen LogP contribution in [0.2, 0.25) is 0 Å². The van der Waals surface area contributed by atoms with Crippen LogP contribution in [-0.4, -0.2) is 52.0 Å². The number of nitro groups is 1. The average Bonchev–Trinajstić information content (AvgIpc) is 2.45. The highest BCUT2D eigenvalue weighted by molar-refractivity contribution is 5.62. The van der Waals surface area contributed by atoms with Gasteiger partial charge in [-0.2, -0.15) is 4.98 Å². The molecule has 1 aliphatic heterocycles. The second-order valence-electron chi connectivity index (χ2n) is 5.32. The van der Waals surface area contributed by atoms with Crippen molar-refractivity contribution in [1.82, 2.24) is 14.9 Å². The van der Waals surface area contributed by atoms with Crippen LogP contribution >= 0.6 is 0 Å². The third-order valence-electron chi connectivity index (χ3n) is 3.70. The molecule has 9 nitrogen and oxygen atoms in total. The molecule has 0 unspecified atom stereocenters. The van der Waals surface area contributed by atoms with E-state index in [0.717, 1.165) is 13.1 Å². The van der Waals surface area contributed by atoms with Crippen LogP contribution in [0.3, 0.4) is 0 Å². The number of hydrogen-bond donors (Lipinski definition) is 2. The highest BCUT2D eigenvalue weighted by Gasteiger charge is 2.29. The SMILES string of the molecule is Cc1nc(NN)nc(N2CCN(C(C)C)CC2)c1[N+](=O)[O-]. The van der Waals surface area contributed by atoms with Crippen LogP contribution in [0.4, 0.5) is 17.5 Å². The number of nitrogen functional groups attached to an aromatic ring is 1. The zero-order valence-electron chi connectivity index (χ0n) is 12.5. The first-order valence-electron chi connectivity index (χ1n) is 6.92. The summed E-state index contributed by atoms with van der Waals surface area (Å²) in [6.07, 6.45) is 0. The number of rotatable bonds is 4. The van der Waals surface area contributed by atoms with Crippen LogP contribution in [0.5, 0.6) is 0 Å². The Balaban J connectivity index is 2.30. The van der Waals surface area contributed by atoms with Gasteiger partial charge in [0.1, 0.15) is 5.69 Å². The molecule has 1 aromatic heterocycles. The monoisotopic (exact) mass is 295 g/mol. The Morgan fingerprint density at radius 2 is 1.90 bits per heavy atom. The molecule has 0 aromatic carbocycles. The minimum absolute atomic E-state index is 0.0491. The summed E-state index contributed by atoms with van der Waals surface area (Å²) >= 11 is 0. The molecule has 0 saturated carbocycles. The van der Waals surface area contributed by atoms with E-state index in [1.807, 2.05) is 4.90 Å². The molecule has 21 heavy (non-hydrogen) atoms. The zero-order valence-corrected chi connectivity index (χ0v) is 12.5. The fourth-order valence-corrected chi connectivity index (χ4v) is 2.50. The van der Waals surface area contributed by atoms with Gasteiger partial charge in [-0.05, 0) is 20.8 Å². The van der Waals surface area contributed by atoms with Crippen molar-refractivity contribution >= 4 is 17.5 Å². The molecule has 1 saturated heterocycles. The van der Waals surface area contributed by atoms with Gasteiger partial charge in [-0.15, -0.1) is 0 Å². The third-order valence-corrected chi connectivity index (χ3v) is 3.70. The Morgan fingerprint density at radius 1 is 1.29 bits per heavy atom. The molecule has 0 bridgehead atoms. The van der Waals surface area contributed by atoms with Crippen molar-refractivity contribution in [2.45, 2.75) is 26.8 Å². The number of nitrogens with two attached hydrogens (primary N) is 1. The summed E-state index contributed by atoms with van der Waals surface area (Å²) in [4.78, 5) is 23.3. The van der Waals surface area contributed by atoms with Crippen molar-refractivity contribution < 1.29 is 4.92 Å². The molecular weight excluding hydrogens is 274 g/mol. The van der Waals surface area contributed by atoms with Gasteiger partial charge in [0.2, 0.25) is 11.8 Å². The molecule has 0 amide bonds. The van der Waals surface area contributed by atoms with Crippen molar-refractivity contribution in [3.05, 3.63) is 15.8 Å². The fraction of sp³-hybridized carbons (Fsp3) is 0.667. The van der Waals surface area contributed by atoms with E-state index in [1.165, 1.54) is 0 Å². The first-order chi connectivity index (χ1) is 9.93. The highest BCUT2D eigenvalue weighted by atomic mass is 16.6. The van der Waals surface area contributed by atoms with Crippen LogP contribution in [0, 0.1) is 17.0 Å².